The van der Waals surface area contributed by atoms with Gasteiger partial charge in [-0.1, -0.05) is 63.9 Å². The van der Waals surface area contributed by atoms with E-state index >= 15 is 0 Å². The first-order chi connectivity index (χ1) is 17.8. The molecule has 0 unspecified atom stereocenters. The molecule has 0 saturated heterocycles. The average Bonchev–Trinajstić information content (AvgIpc) is 2.88. The third-order valence-electron chi connectivity index (χ3n) is 5.71. The van der Waals surface area contributed by atoms with Gasteiger partial charge in [-0.15, -0.1) is 6.58 Å². The van der Waals surface area contributed by atoms with Crippen LogP contribution in [0.15, 0.2) is 86.1 Å². The molecule has 0 spiro atoms. The van der Waals surface area contributed by atoms with Crippen molar-refractivity contribution in [3.8, 4) is 11.5 Å². The monoisotopic (exact) mass is 623 g/mol. The minimum atomic E-state index is -0.223. The number of halogens is 2. The minimum Gasteiger partial charge on any atom is -0.493 e. The topological polar surface area (TPSA) is 65.7 Å². The Kier molecular flexibility index (Phi) is 8.61. The Morgan fingerprint density at radius 1 is 1.08 bits per heavy atom. The quantitative estimate of drug-likeness (QED) is 0.145. The Morgan fingerprint density at radius 3 is 2.49 bits per heavy atom. The lowest BCUT2D eigenvalue weighted by Gasteiger charge is -2.16. The van der Waals surface area contributed by atoms with Gasteiger partial charge in [-0.05, 0) is 60.0 Å². The number of hydrogen-bond acceptors (Lipinski definition) is 5. The molecule has 6 nitrogen and oxygen atoms in total. The number of rotatable bonds is 9. The van der Waals surface area contributed by atoms with E-state index in [9.17, 15) is 4.79 Å². The molecule has 1 aromatic heterocycles. The van der Waals surface area contributed by atoms with Crippen molar-refractivity contribution in [1.29, 1.82) is 0 Å². The van der Waals surface area contributed by atoms with Crippen LogP contribution in [0.2, 0.25) is 0 Å². The summed E-state index contributed by atoms with van der Waals surface area (Å²) in [6.45, 7) is 8.26. The van der Waals surface area contributed by atoms with Crippen LogP contribution in [0.25, 0.3) is 10.9 Å². The molecule has 0 saturated carbocycles. The van der Waals surface area contributed by atoms with Gasteiger partial charge in [0.1, 0.15) is 12.4 Å². The third kappa shape index (κ3) is 6.19. The summed E-state index contributed by atoms with van der Waals surface area (Å²) in [4.78, 5) is 18.1. The highest BCUT2D eigenvalue weighted by Gasteiger charge is 2.15. The van der Waals surface area contributed by atoms with Crippen molar-refractivity contribution < 1.29 is 9.47 Å². The molecule has 4 aromatic rings. The van der Waals surface area contributed by atoms with E-state index in [1.165, 1.54) is 4.68 Å². The van der Waals surface area contributed by atoms with Gasteiger partial charge >= 0.3 is 0 Å². The van der Waals surface area contributed by atoms with Crippen molar-refractivity contribution in [2.75, 3.05) is 7.11 Å². The molecular weight excluding hydrogens is 598 g/mol. The molecule has 0 fully saturated rings. The van der Waals surface area contributed by atoms with Crippen LogP contribution in [0, 0.1) is 0 Å². The van der Waals surface area contributed by atoms with Crippen molar-refractivity contribution in [2.45, 2.75) is 32.8 Å². The molecule has 3 aromatic carbocycles. The maximum Gasteiger partial charge on any atom is 0.282 e. The zero-order valence-corrected chi connectivity index (χ0v) is 24.0. The standard InChI is InChI=1S/C29H27Br2N3O3/c1-5-6-21-13-20(14-26(36-4)27(21)37-17-19-7-9-22(30)10-8-19)16-32-34-28(18(2)3)33-25-12-11-23(31)15-24(25)29(34)35/h5,7-16,18H,1,6,17H2,2-4H3. The summed E-state index contributed by atoms with van der Waals surface area (Å²) in [5.41, 5.74) is 3.13. The number of ether oxygens (including phenoxy) is 2. The van der Waals surface area contributed by atoms with E-state index in [4.69, 9.17) is 14.5 Å². The first kappa shape index (κ1) is 26.8. The first-order valence-electron chi connectivity index (χ1n) is 11.8. The van der Waals surface area contributed by atoms with Crippen LogP contribution in [-0.4, -0.2) is 23.0 Å². The lowest BCUT2D eigenvalue weighted by molar-refractivity contribution is 0.282. The maximum atomic E-state index is 13.3. The van der Waals surface area contributed by atoms with Gasteiger partial charge in [0.15, 0.2) is 11.5 Å². The zero-order chi connectivity index (χ0) is 26.5. The summed E-state index contributed by atoms with van der Waals surface area (Å²) in [5.74, 6) is 1.82. The largest absolute Gasteiger partial charge is 0.493 e. The van der Waals surface area contributed by atoms with E-state index in [0.717, 1.165) is 25.6 Å². The first-order valence-corrected chi connectivity index (χ1v) is 13.3. The van der Waals surface area contributed by atoms with Crippen LogP contribution in [0.5, 0.6) is 11.5 Å². The fourth-order valence-electron chi connectivity index (χ4n) is 3.89. The molecule has 4 rings (SSSR count). The Labute approximate surface area is 232 Å². The number of allylic oxidation sites excluding steroid dienone is 1. The number of nitrogens with zero attached hydrogens (tertiary/aromatic N) is 3. The van der Waals surface area contributed by atoms with Gasteiger partial charge in [-0.25, -0.2) is 4.98 Å². The van der Waals surface area contributed by atoms with Gasteiger partial charge in [0.25, 0.3) is 5.56 Å². The van der Waals surface area contributed by atoms with E-state index in [1.807, 2.05) is 68.5 Å². The number of fused-ring (bicyclic) bond motifs is 1. The molecule has 1 heterocycles. The lowest BCUT2D eigenvalue weighted by Crippen LogP contribution is -2.23. The Hall–Kier alpha value is -3.23. The fraction of sp³-hybridized carbons (Fsp3) is 0.207. The van der Waals surface area contributed by atoms with E-state index in [-0.39, 0.29) is 11.5 Å². The Bertz CT molecular complexity index is 1530. The molecule has 0 N–H and O–H groups in total. The predicted octanol–water partition coefficient (Wildman–Crippen LogP) is 7.24. The van der Waals surface area contributed by atoms with E-state index in [1.54, 1.807) is 19.4 Å². The number of aromatic nitrogens is 2. The summed E-state index contributed by atoms with van der Waals surface area (Å²) < 4.78 is 15.1. The minimum absolute atomic E-state index is 0.00172. The van der Waals surface area contributed by atoms with Gasteiger partial charge < -0.3 is 9.47 Å². The molecule has 0 bridgehead atoms. The van der Waals surface area contributed by atoms with Crippen molar-refractivity contribution in [3.05, 3.63) is 109 Å². The summed E-state index contributed by atoms with van der Waals surface area (Å²) >= 11 is 6.90. The highest BCUT2D eigenvalue weighted by atomic mass is 79.9. The molecule has 190 valence electrons. The summed E-state index contributed by atoms with van der Waals surface area (Å²) in [6, 6.07) is 17.3. The molecule has 8 heteroatoms. The Morgan fingerprint density at radius 2 is 1.81 bits per heavy atom. The molecule has 0 aliphatic heterocycles. The zero-order valence-electron chi connectivity index (χ0n) is 20.9. The molecule has 0 aliphatic carbocycles. The molecule has 0 amide bonds. The predicted molar refractivity (Wildman–Crippen MR) is 156 cm³/mol. The van der Waals surface area contributed by atoms with E-state index in [0.29, 0.717) is 41.3 Å². The van der Waals surface area contributed by atoms with Crippen molar-refractivity contribution in [2.24, 2.45) is 5.10 Å². The highest BCUT2D eigenvalue weighted by Crippen LogP contribution is 2.34. The van der Waals surface area contributed by atoms with Gasteiger partial charge in [0, 0.05) is 20.4 Å². The fourth-order valence-corrected chi connectivity index (χ4v) is 4.52. The smallest absolute Gasteiger partial charge is 0.282 e. The lowest BCUT2D eigenvalue weighted by atomic mass is 10.1. The van der Waals surface area contributed by atoms with E-state index in [2.05, 4.69) is 43.5 Å². The average molecular weight is 625 g/mol. The summed E-state index contributed by atoms with van der Waals surface area (Å²) in [7, 11) is 1.60. The van der Waals surface area contributed by atoms with Gasteiger partial charge in [-0.3, -0.25) is 4.79 Å². The van der Waals surface area contributed by atoms with Crippen LogP contribution in [-0.2, 0) is 13.0 Å². The third-order valence-corrected chi connectivity index (χ3v) is 6.73. The van der Waals surface area contributed by atoms with Crippen molar-refractivity contribution in [3.63, 3.8) is 0 Å². The summed E-state index contributed by atoms with van der Waals surface area (Å²) in [5, 5.41) is 5.06. The van der Waals surface area contributed by atoms with Crippen LogP contribution < -0.4 is 15.0 Å². The van der Waals surface area contributed by atoms with Crippen LogP contribution >= 0.6 is 31.9 Å². The second-order valence-corrected chi connectivity index (χ2v) is 10.6. The van der Waals surface area contributed by atoms with Crippen LogP contribution in [0.1, 0.15) is 42.3 Å². The molecule has 37 heavy (non-hydrogen) atoms. The van der Waals surface area contributed by atoms with Gasteiger partial charge in [0.05, 0.1) is 24.2 Å². The molecule has 0 atom stereocenters. The van der Waals surface area contributed by atoms with Gasteiger partial charge in [-0.2, -0.15) is 9.78 Å². The van der Waals surface area contributed by atoms with Crippen LogP contribution in [0.3, 0.4) is 0 Å². The highest BCUT2D eigenvalue weighted by molar-refractivity contribution is 9.10. The summed E-state index contributed by atoms with van der Waals surface area (Å²) in [6.07, 6.45) is 4.04. The van der Waals surface area contributed by atoms with Crippen LogP contribution in [0.4, 0.5) is 0 Å². The van der Waals surface area contributed by atoms with Crippen molar-refractivity contribution in [1.82, 2.24) is 9.66 Å². The van der Waals surface area contributed by atoms with Gasteiger partial charge in [0.2, 0.25) is 0 Å². The SMILES string of the molecule is C=CCc1cc(C=Nn2c(C(C)C)nc3ccc(Br)cc3c2=O)cc(OC)c1OCc1ccc(Br)cc1. The number of hydrogen-bond donors (Lipinski definition) is 0. The number of benzene rings is 3. The van der Waals surface area contributed by atoms with Crippen molar-refractivity contribution >= 4 is 49.0 Å². The maximum absolute atomic E-state index is 13.3. The second kappa shape index (κ2) is 11.9. The van der Waals surface area contributed by atoms with E-state index < -0.39 is 0 Å². The molecule has 0 aliphatic rings. The Balaban J connectivity index is 1.73. The molecular formula is C29H27Br2N3O3. The molecule has 0 radical (unpaired) electrons. The second-order valence-electron chi connectivity index (χ2n) is 8.77. The normalized spacial score (nSPS) is 11.4. The number of methoxy groups -OCH3 is 1.